The van der Waals surface area contributed by atoms with Crippen molar-refractivity contribution in [3.05, 3.63) is 58.7 Å². The molecule has 0 bridgehead atoms. The molecule has 3 aromatic rings. The van der Waals surface area contributed by atoms with Gasteiger partial charge in [0.15, 0.2) is 5.13 Å². The summed E-state index contributed by atoms with van der Waals surface area (Å²) in [5.74, 6) is -0.495. The second-order valence-electron chi connectivity index (χ2n) is 5.21. The van der Waals surface area contributed by atoms with Crippen LogP contribution in [0.2, 0.25) is 0 Å². The highest BCUT2D eigenvalue weighted by atomic mass is 32.1. The first-order valence-corrected chi connectivity index (χ1v) is 8.54. The smallest absolute Gasteiger partial charge is 0.268 e. The van der Waals surface area contributed by atoms with Gasteiger partial charge in [-0.05, 0) is 18.1 Å². The molecule has 7 heteroatoms. The van der Waals surface area contributed by atoms with Crippen LogP contribution in [0.15, 0.2) is 47.6 Å². The van der Waals surface area contributed by atoms with E-state index in [4.69, 9.17) is 0 Å². The molecule has 0 aliphatic heterocycles. The normalized spacial score (nSPS) is 11.1. The van der Waals surface area contributed by atoms with E-state index in [9.17, 15) is 10.1 Å². The molecule has 0 unspecified atom stereocenters. The molecule has 0 saturated carbocycles. The van der Waals surface area contributed by atoms with E-state index in [1.807, 2.05) is 30.3 Å². The summed E-state index contributed by atoms with van der Waals surface area (Å²) < 4.78 is 0. The van der Waals surface area contributed by atoms with E-state index in [1.54, 1.807) is 17.8 Å². The molecule has 0 spiro atoms. The Bertz CT molecular complexity index is 933. The molecule has 2 N–H and O–H groups in total. The molecule has 0 atom stereocenters. The summed E-state index contributed by atoms with van der Waals surface area (Å²) in [5.41, 5.74) is 3.61. The molecule has 6 nitrogen and oxygen atoms in total. The standard InChI is InChI=1S/C18H15N5OS/c1-2-12-3-5-13(6-4-12)16-15(11-21-23-16)9-14(10-19)17(24)22-18-20-7-8-25-18/h3-9,11H,2H2,1H3,(H,21,23)(H,20,22,24)/b14-9+. The van der Waals surface area contributed by atoms with Crippen LogP contribution in [0, 0.1) is 11.3 Å². The Kier molecular flexibility index (Phi) is 5.02. The zero-order valence-corrected chi connectivity index (χ0v) is 14.3. The molecule has 0 saturated heterocycles. The topological polar surface area (TPSA) is 94.5 Å². The van der Waals surface area contributed by atoms with Gasteiger partial charge in [-0.3, -0.25) is 15.2 Å². The molecule has 0 aliphatic carbocycles. The van der Waals surface area contributed by atoms with Crippen molar-refractivity contribution in [1.29, 1.82) is 5.26 Å². The lowest BCUT2D eigenvalue weighted by molar-refractivity contribution is -0.112. The molecule has 25 heavy (non-hydrogen) atoms. The van der Waals surface area contributed by atoms with Gasteiger partial charge in [0, 0.05) is 22.7 Å². The lowest BCUT2D eigenvalue weighted by atomic mass is 10.0. The highest BCUT2D eigenvalue weighted by Crippen LogP contribution is 2.24. The fourth-order valence-electron chi connectivity index (χ4n) is 2.30. The zero-order chi connectivity index (χ0) is 17.6. The fraction of sp³-hybridized carbons (Fsp3) is 0.111. The summed E-state index contributed by atoms with van der Waals surface area (Å²) in [6.07, 6.45) is 5.67. The van der Waals surface area contributed by atoms with Gasteiger partial charge in [0.1, 0.15) is 11.6 Å². The van der Waals surface area contributed by atoms with Crippen LogP contribution in [0.3, 0.4) is 0 Å². The number of amides is 1. The van der Waals surface area contributed by atoms with Gasteiger partial charge in [0.25, 0.3) is 5.91 Å². The molecule has 2 aromatic heterocycles. The van der Waals surface area contributed by atoms with Gasteiger partial charge in [-0.2, -0.15) is 10.4 Å². The average Bonchev–Trinajstić information content (AvgIpc) is 3.31. The summed E-state index contributed by atoms with van der Waals surface area (Å²) in [6, 6.07) is 10.0. The minimum Gasteiger partial charge on any atom is -0.297 e. The number of H-pyrrole nitrogens is 1. The number of benzene rings is 1. The summed E-state index contributed by atoms with van der Waals surface area (Å²) >= 11 is 1.29. The largest absolute Gasteiger partial charge is 0.297 e. The Morgan fingerprint density at radius 1 is 1.40 bits per heavy atom. The Balaban J connectivity index is 1.88. The molecule has 124 valence electrons. The molecule has 0 fully saturated rings. The quantitative estimate of drug-likeness (QED) is 0.543. The minimum atomic E-state index is -0.495. The molecular weight excluding hydrogens is 334 g/mol. The van der Waals surface area contributed by atoms with Crippen molar-refractivity contribution in [2.24, 2.45) is 0 Å². The van der Waals surface area contributed by atoms with Crippen molar-refractivity contribution < 1.29 is 4.79 Å². The zero-order valence-electron chi connectivity index (χ0n) is 13.5. The lowest BCUT2D eigenvalue weighted by Crippen LogP contribution is -2.13. The van der Waals surface area contributed by atoms with Gasteiger partial charge < -0.3 is 0 Å². The average molecular weight is 349 g/mol. The van der Waals surface area contributed by atoms with Crippen molar-refractivity contribution >= 4 is 28.5 Å². The maximum absolute atomic E-state index is 12.2. The third kappa shape index (κ3) is 3.82. The van der Waals surface area contributed by atoms with E-state index in [1.165, 1.54) is 23.0 Å². The number of aromatic amines is 1. The Hall–Kier alpha value is -3.24. The summed E-state index contributed by atoms with van der Waals surface area (Å²) in [7, 11) is 0. The molecule has 1 aromatic carbocycles. The fourth-order valence-corrected chi connectivity index (χ4v) is 2.82. The van der Waals surface area contributed by atoms with E-state index < -0.39 is 5.91 Å². The second-order valence-corrected chi connectivity index (χ2v) is 6.11. The molecule has 1 amide bonds. The van der Waals surface area contributed by atoms with Crippen molar-refractivity contribution in [1.82, 2.24) is 15.2 Å². The third-order valence-electron chi connectivity index (χ3n) is 3.64. The number of thiazole rings is 1. The third-order valence-corrected chi connectivity index (χ3v) is 4.33. The van der Waals surface area contributed by atoms with Gasteiger partial charge in [0.2, 0.25) is 0 Å². The monoisotopic (exact) mass is 349 g/mol. The number of carbonyl (C=O) groups is 1. The molecule has 0 aliphatic rings. The first-order chi connectivity index (χ1) is 12.2. The molecule has 3 rings (SSSR count). The van der Waals surface area contributed by atoms with Crippen molar-refractivity contribution in [3.8, 4) is 17.3 Å². The first kappa shape index (κ1) is 16.6. The number of aryl methyl sites for hydroxylation is 1. The van der Waals surface area contributed by atoms with Crippen LogP contribution < -0.4 is 5.32 Å². The van der Waals surface area contributed by atoms with Crippen LogP contribution >= 0.6 is 11.3 Å². The Morgan fingerprint density at radius 2 is 2.20 bits per heavy atom. The summed E-state index contributed by atoms with van der Waals surface area (Å²) in [6.45, 7) is 2.10. The van der Waals surface area contributed by atoms with Crippen LogP contribution in [0.5, 0.6) is 0 Å². The van der Waals surface area contributed by atoms with Crippen LogP contribution in [0.1, 0.15) is 18.1 Å². The van der Waals surface area contributed by atoms with Crippen LogP contribution in [-0.2, 0) is 11.2 Å². The first-order valence-electron chi connectivity index (χ1n) is 7.66. The number of hydrogen-bond donors (Lipinski definition) is 2. The number of rotatable bonds is 5. The maximum Gasteiger partial charge on any atom is 0.268 e. The molecular formula is C18H15N5OS. The summed E-state index contributed by atoms with van der Waals surface area (Å²) in [5, 5.41) is 21.1. The predicted molar refractivity (Wildman–Crippen MR) is 97.7 cm³/mol. The van der Waals surface area contributed by atoms with Gasteiger partial charge >= 0.3 is 0 Å². The SMILES string of the molecule is CCc1ccc(-c2[nH]ncc2/C=C(\C#N)C(=O)Nc2nccs2)cc1. The number of nitrogens with zero attached hydrogens (tertiary/aromatic N) is 3. The lowest BCUT2D eigenvalue weighted by Gasteiger charge is -2.03. The number of hydrogen-bond acceptors (Lipinski definition) is 5. The maximum atomic E-state index is 12.2. The van der Waals surface area contributed by atoms with Crippen LogP contribution in [0.25, 0.3) is 17.3 Å². The van der Waals surface area contributed by atoms with E-state index in [0.717, 1.165) is 17.7 Å². The minimum absolute atomic E-state index is 0.0111. The van der Waals surface area contributed by atoms with E-state index in [0.29, 0.717) is 10.7 Å². The Labute approximate surface area is 148 Å². The summed E-state index contributed by atoms with van der Waals surface area (Å²) in [4.78, 5) is 16.2. The second kappa shape index (κ2) is 7.55. The van der Waals surface area contributed by atoms with Crippen molar-refractivity contribution in [2.75, 3.05) is 5.32 Å². The van der Waals surface area contributed by atoms with E-state index >= 15 is 0 Å². The number of anilines is 1. The van der Waals surface area contributed by atoms with Gasteiger partial charge in [-0.15, -0.1) is 11.3 Å². The number of nitrogens with one attached hydrogen (secondary N) is 2. The van der Waals surface area contributed by atoms with Crippen LogP contribution in [-0.4, -0.2) is 21.1 Å². The number of aromatic nitrogens is 3. The number of nitriles is 1. The van der Waals surface area contributed by atoms with Gasteiger partial charge in [-0.1, -0.05) is 31.2 Å². The van der Waals surface area contributed by atoms with Gasteiger partial charge in [-0.25, -0.2) is 4.98 Å². The van der Waals surface area contributed by atoms with Crippen molar-refractivity contribution in [3.63, 3.8) is 0 Å². The number of carbonyl (C=O) groups excluding carboxylic acids is 1. The van der Waals surface area contributed by atoms with Crippen LogP contribution in [0.4, 0.5) is 5.13 Å². The highest BCUT2D eigenvalue weighted by Gasteiger charge is 2.13. The van der Waals surface area contributed by atoms with Crippen molar-refractivity contribution in [2.45, 2.75) is 13.3 Å². The molecule has 2 heterocycles. The van der Waals surface area contributed by atoms with E-state index in [-0.39, 0.29) is 5.57 Å². The predicted octanol–water partition coefficient (Wildman–Crippen LogP) is 3.64. The van der Waals surface area contributed by atoms with Gasteiger partial charge in [0.05, 0.1) is 11.9 Å². The Morgan fingerprint density at radius 3 is 2.84 bits per heavy atom. The van der Waals surface area contributed by atoms with E-state index in [2.05, 4.69) is 27.4 Å². The highest BCUT2D eigenvalue weighted by molar-refractivity contribution is 7.13. The molecule has 0 radical (unpaired) electrons.